The van der Waals surface area contributed by atoms with E-state index in [1.54, 1.807) is 68.4 Å². The SMILES string of the molecule is CCNC(=O)C(C)N(Cc1ccc(Cl)c(Cl)c1)C(=O)CN(c1ccc(C)cc1)S(=O)(=O)c1ccc(C)cc1. The number of nitrogens with zero attached hydrogens (tertiary/aromatic N) is 2. The molecule has 1 unspecified atom stereocenters. The summed E-state index contributed by atoms with van der Waals surface area (Å²) in [6.07, 6.45) is 0. The Morgan fingerprint density at radius 1 is 0.895 bits per heavy atom. The lowest BCUT2D eigenvalue weighted by molar-refractivity contribution is -0.139. The van der Waals surface area contributed by atoms with Gasteiger partial charge in [-0.25, -0.2) is 8.42 Å². The zero-order valence-electron chi connectivity index (χ0n) is 21.7. The number of sulfonamides is 1. The number of rotatable bonds is 10. The predicted octanol–water partition coefficient (Wildman–Crippen LogP) is 5.36. The van der Waals surface area contributed by atoms with Crippen LogP contribution in [0.15, 0.2) is 71.6 Å². The summed E-state index contributed by atoms with van der Waals surface area (Å²) in [6.45, 7) is 7.04. The number of nitrogens with one attached hydrogen (secondary N) is 1. The van der Waals surface area contributed by atoms with Crippen molar-refractivity contribution >= 4 is 50.7 Å². The summed E-state index contributed by atoms with van der Waals surface area (Å²) < 4.78 is 28.6. The molecule has 1 N–H and O–H groups in total. The molecule has 0 aliphatic rings. The lowest BCUT2D eigenvalue weighted by Crippen LogP contribution is -2.51. The summed E-state index contributed by atoms with van der Waals surface area (Å²) in [4.78, 5) is 28.0. The first-order valence-corrected chi connectivity index (χ1v) is 14.3. The molecule has 202 valence electrons. The topological polar surface area (TPSA) is 86.8 Å². The van der Waals surface area contributed by atoms with Crippen molar-refractivity contribution in [3.8, 4) is 0 Å². The van der Waals surface area contributed by atoms with Crippen molar-refractivity contribution in [3.63, 3.8) is 0 Å². The monoisotopic (exact) mass is 575 g/mol. The minimum atomic E-state index is -4.11. The maximum atomic E-state index is 13.8. The molecule has 0 bridgehead atoms. The van der Waals surface area contributed by atoms with E-state index in [2.05, 4.69) is 5.32 Å². The van der Waals surface area contributed by atoms with E-state index in [9.17, 15) is 18.0 Å². The third-order valence-electron chi connectivity index (χ3n) is 6.07. The van der Waals surface area contributed by atoms with Gasteiger partial charge in [0, 0.05) is 13.1 Å². The molecule has 7 nitrogen and oxygen atoms in total. The largest absolute Gasteiger partial charge is 0.355 e. The number of benzene rings is 3. The Hall–Kier alpha value is -3.07. The smallest absolute Gasteiger partial charge is 0.264 e. The molecule has 0 spiro atoms. The Morgan fingerprint density at radius 3 is 2.03 bits per heavy atom. The van der Waals surface area contributed by atoms with Crippen LogP contribution in [0.2, 0.25) is 10.0 Å². The summed E-state index contributed by atoms with van der Waals surface area (Å²) in [5.74, 6) is -0.907. The second kappa shape index (κ2) is 12.7. The fraction of sp³-hybridized carbons (Fsp3) is 0.286. The highest BCUT2D eigenvalue weighted by molar-refractivity contribution is 7.92. The quantitative estimate of drug-likeness (QED) is 0.352. The summed E-state index contributed by atoms with van der Waals surface area (Å²) in [6, 6.07) is 17.4. The average Bonchev–Trinajstić information content (AvgIpc) is 2.88. The highest BCUT2D eigenvalue weighted by Gasteiger charge is 2.32. The van der Waals surface area contributed by atoms with Crippen molar-refractivity contribution in [2.75, 3.05) is 17.4 Å². The van der Waals surface area contributed by atoms with E-state index in [1.807, 2.05) is 13.8 Å². The molecule has 0 aliphatic carbocycles. The van der Waals surface area contributed by atoms with Crippen LogP contribution in [0.5, 0.6) is 0 Å². The minimum absolute atomic E-state index is 0.0281. The number of carbonyl (C=O) groups is 2. The number of hydrogen-bond donors (Lipinski definition) is 1. The highest BCUT2D eigenvalue weighted by atomic mass is 35.5. The van der Waals surface area contributed by atoms with Crippen LogP contribution in [0, 0.1) is 13.8 Å². The van der Waals surface area contributed by atoms with Crippen LogP contribution >= 0.6 is 23.2 Å². The third-order valence-corrected chi connectivity index (χ3v) is 8.59. The number of halogens is 2. The predicted molar refractivity (Wildman–Crippen MR) is 152 cm³/mol. The van der Waals surface area contributed by atoms with Gasteiger partial charge < -0.3 is 10.2 Å². The molecular formula is C28H31Cl2N3O4S. The molecule has 0 fully saturated rings. The van der Waals surface area contributed by atoms with Crippen LogP contribution in [0.3, 0.4) is 0 Å². The fourth-order valence-electron chi connectivity index (χ4n) is 3.82. The van der Waals surface area contributed by atoms with Crippen LogP contribution in [0.25, 0.3) is 0 Å². The van der Waals surface area contributed by atoms with Crippen LogP contribution < -0.4 is 9.62 Å². The second-order valence-corrected chi connectivity index (χ2v) is 11.7. The standard InChI is InChI=1S/C28H31Cl2N3O4S/c1-5-31-28(35)21(4)32(17-22-10-15-25(29)26(30)16-22)27(34)18-33(23-11-6-19(2)7-12-23)38(36,37)24-13-8-20(3)9-14-24/h6-16,21H,5,17-18H2,1-4H3,(H,31,35). The summed E-state index contributed by atoms with van der Waals surface area (Å²) in [7, 11) is -4.11. The van der Waals surface area contributed by atoms with E-state index in [4.69, 9.17) is 23.2 Å². The molecule has 0 saturated carbocycles. The maximum Gasteiger partial charge on any atom is 0.264 e. The van der Waals surface area contributed by atoms with Crippen molar-refractivity contribution in [2.24, 2.45) is 0 Å². The van der Waals surface area contributed by atoms with Gasteiger partial charge in [-0.1, -0.05) is 64.7 Å². The maximum absolute atomic E-state index is 13.8. The van der Waals surface area contributed by atoms with Crippen LogP contribution in [-0.4, -0.2) is 44.3 Å². The summed E-state index contributed by atoms with van der Waals surface area (Å²) in [5.41, 5.74) is 2.83. The van der Waals surface area contributed by atoms with Crippen molar-refractivity contribution in [1.29, 1.82) is 0 Å². The Labute approximate surface area is 234 Å². The number of likely N-dealkylation sites (N-methyl/N-ethyl adjacent to an activating group) is 1. The Morgan fingerprint density at radius 2 is 1.47 bits per heavy atom. The lowest BCUT2D eigenvalue weighted by atomic mass is 10.1. The first kappa shape index (κ1) is 29.5. The number of aryl methyl sites for hydroxylation is 2. The van der Waals surface area contributed by atoms with Crippen LogP contribution in [-0.2, 0) is 26.2 Å². The molecular weight excluding hydrogens is 545 g/mol. The molecule has 2 amide bonds. The number of hydrogen-bond acceptors (Lipinski definition) is 4. The summed E-state index contributed by atoms with van der Waals surface area (Å²) in [5, 5.41) is 3.40. The van der Waals surface area contributed by atoms with Gasteiger partial charge in [-0.15, -0.1) is 0 Å². The fourth-order valence-corrected chi connectivity index (χ4v) is 5.55. The Balaban J connectivity index is 2.03. The zero-order chi connectivity index (χ0) is 28.0. The van der Waals surface area contributed by atoms with Gasteiger partial charge in [0.25, 0.3) is 10.0 Å². The molecule has 1 atom stereocenters. The zero-order valence-corrected chi connectivity index (χ0v) is 24.1. The molecule has 3 aromatic carbocycles. The molecule has 0 saturated heterocycles. The highest BCUT2D eigenvalue weighted by Crippen LogP contribution is 2.26. The number of anilines is 1. The lowest BCUT2D eigenvalue weighted by Gasteiger charge is -2.32. The molecule has 38 heavy (non-hydrogen) atoms. The molecule has 0 heterocycles. The second-order valence-electron chi connectivity index (χ2n) is 9.00. The Kier molecular flexibility index (Phi) is 9.82. The van der Waals surface area contributed by atoms with Crippen molar-refractivity contribution in [2.45, 2.75) is 45.2 Å². The van der Waals surface area contributed by atoms with E-state index in [1.165, 1.54) is 17.0 Å². The first-order valence-electron chi connectivity index (χ1n) is 12.1. The van der Waals surface area contributed by atoms with E-state index < -0.39 is 28.5 Å². The molecule has 0 aliphatic heterocycles. The third kappa shape index (κ3) is 7.07. The number of amides is 2. The van der Waals surface area contributed by atoms with Crippen LogP contribution in [0.4, 0.5) is 5.69 Å². The van der Waals surface area contributed by atoms with Gasteiger partial charge in [-0.05, 0) is 69.7 Å². The van der Waals surface area contributed by atoms with Gasteiger partial charge in [-0.3, -0.25) is 13.9 Å². The van der Waals surface area contributed by atoms with Gasteiger partial charge in [-0.2, -0.15) is 0 Å². The van der Waals surface area contributed by atoms with E-state index >= 15 is 0 Å². The van der Waals surface area contributed by atoms with Crippen molar-refractivity contribution in [3.05, 3.63) is 93.5 Å². The Bertz CT molecular complexity index is 1390. The first-order chi connectivity index (χ1) is 17.9. The van der Waals surface area contributed by atoms with E-state index in [0.717, 1.165) is 15.4 Å². The van der Waals surface area contributed by atoms with Gasteiger partial charge in [0.15, 0.2) is 0 Å². The number of carbonyl (C=O) groups excluding carboxylic acids is 2. The van der Waals surface area contributed by atoms with Gasteiger partial charge in [0.2, 0.25) is 11.8 Å². The molecule has 0 aromatic heterocycles. The summed E-state index contributed by atoms with van der Waals surface area (Å²) >= 11 is 12.2. The average molecular weight is 577 g/mol. The van der Waals surface area contributed by atoms with Crippen LogP contribution in [0.1, 0.15) is 30.5 Å². The minimum Gasteiger partial charge on any atom is -0.355 e. The normalized spacial score (nSPS) is 12.1. The molecule has 3 aromatic rings. The molecule has 10 heteroatoms. The van der Waals surface area contributed by atoms with Gasteiger partial charge in [0.05, 0.1) is 20.6 Å². The van der Waals surface area contributed by atoms with Crippen molar-refractivity contribution < 1.29 is 18.0 Å². The van der Waals surface area contributed by atoms with Gasteiger partial charge in [0.1, 0.15) is 12.6 Å². The van der Waals surface area contributed by atoms with Gasteiger partial charge >= 0.3 is 0 Å². The van der Waals surface area contributed by atoms with Crippen molar-refractivity contribution in [1.82, 2.24) is 10.2 Å². The molecule has 0 radical (unpaired) electrons. The van der Waals surface area contributed by atoms with E-state index in [-0.39, 0.29) is 17.3 Å². The molecule has 3 rings (SSSR count). The van der Waals surface area contributed by atoms with E-state index in [0.29, 0.717) is 27.8 Å².